The third-order valence-corrected chi connectivity index (χ3v) is 4.34. The Labute approximate surface area is 136 Å². The Bertz CT molecular complexity index is 609. The van der Waals surface area contributed by atoms with E-state index in [1.165, 1.54) is 0 Å². The van der Waals surface area contributed by atoms with E-state index in [1.807, 2.05) is 30.5 Å². The number of rotatable bonds is 5. The van der Waals surface area contributed by atoms with E-state index >= 15 is 0 Å². The molecule has 2 aromatic rings. The quantitative estimate of drug-likeness (QED) is 0.906. The van der Waals surface area contributed by atoms with E-state index in [1.54, 1.807) is 23.3 Å². The van der Waals surface area contributed by atoms with Gasteiger partial charge in [-0.25, -0.2) is 9.78 Å². The summed E-state index contributed by atoms with van der Waals surface area (Å²) in [4.78, 5) is 18.5. The smallest absolute Gasteiger partial charge is 0.317 e. The molecule has 0 spiro atoms. The number of hydrogen-bond acceptors (Lipinski definition) is 3. The average Bonchev–Trinajstić information content (AvgIpc) is 2.90. The fourth-order valence-electron chi connectivity index (χ4n) is 2.33. The van der Waals surface area contributed by atoms with Gasteiger partial charge in [-0.2, -0.15) is 0 Å². The van der Waals surface area contributed by atoms with Gasteiger partial charge in [0.1, 0.15) is 0 Å². The number of aromatic nitrogens is 1. The van der Waals surface area contributed by atoms with Crippen LogP contribution in [0.15, 0.2) is 35.7 Å². The molecule has 2 amide bonds. The number of amides is 2. The first kappa shape index (κ1) is 16.5. The van der Waals surface area contributed by atoms with Gasteiger partial charge >= 0.3 is 6.03 Å². The minimum absolute atomic E-state index is 0.00770. The number of nitrogens with one attached hydrogen (secondary N) is 1. The van der Waals surface area contributed by atoms with E-state index in [0.29, 0.717) is 12.5 Å². The topological polar surface area (TPSA) is 45.2 Å². The second kappa shape index (κ2) is 7.40. The van der Waals surface area contributed by atoms with Gasteiger partial charge in [-0.1, -0.05) is 44.2 Å². The van der Waals surface area contributed by atoms with Crippen LogP contribution in [0.2, 0.25) is 0 Å². The van der Waals surface area contributed by atoms with Gasteiger partial charge in [0.2, 0.25) is 0 Å². The second-order valence-corrected chi connectivity index (χ2v) is 6.86. The molecule has 4 nitrogen and oxygen atoms in total. The lowest BCUT2D eigenvalue weighted by molar-refractivity contribution is 0.198. The van der Waals surface area contributed by atoms with E-state index in [9.17, 15) is 4.79 Å². The Hall–Kier alpha value is -1.88. The van der Waals surface area contributed by atoms with Crippen molar-refractivity contribution in [2.75, 3.05) is 7.05 Å². The maximum Gasteiger partial charge on any atom is 0.317 e. The summed E-state index contributed by atoms with van der Waals surface area (Å²) in [6, 6.07) is 10.0. The van der Waals surface area contributed by atoms with E-state index < -0.39 is 0 Å². The molecule has 118 valence electrons. The van der Waals surface area contributed by atoms with Crippen molar-refractivity contribution in [1.29, 1.82) is 0 Å². The largest absolute Gasteiger partial charge is 0.331 e. The highest BCUT2D eigenvalue weighted by molar-refractivity contribution is 7.09. The summed E-state index contributed by atoms with van der Waals surface area (Å²) < 4.78 is 0. The van der Waals surface area contributed by atoms with Crippen LogP contribution in [0, 0.1) is 12.8 Å². The predicted molar refractivity (Wildman–Crippen MR) is 90.9 cm³/mol. The zero-order chi connectivity index (χ0) is 16.1. The molecule has 0 fully saturated rings. The number of carbonyl (C=O) groups is 1. The van der Waals surface area contributed by atoms with Crippen molar-refractivity contribution in [2.45, 2.75) is 33.4 Å². The van der Waals surface area contributed by atoms with Crippen LogP contribution in [0.25, 0.3) is 0 Å². The Kier molecular flexibility index (Phi) is 5.55. The SMILES string of the molecule is Cc1nc(CN(C)C(=O)NC(c2ccccc2)C(C)C)cs1. The van der Waals surface area contributed by atoms with Crippen molar-refractivity contribution < 1.29 is 4.79 Å². The Morgan fingerprint density at radius 3 is 2.55 bits per heavy atom. The second-order valence-electron chi connectivity index (χ2n) is 5.80. The number of urea groups is 1. The highest BCUT2D eigenvalue weighted by Crippen LogP contribution is 2.21. The molecule has 1 unspecified atom stereocenters. The predicted octanol–water partition coefficient (Wildman–Crippen LogP) is 3.99. The molecular formula is C17H23N3OS. The highest BCUT2D eigenvalue weighted by atomic mass is 32.1. The van der Waals surface area contributed by atoms with Gasteiger partial charge in [-0.05, 0) is 18.4 Å². The minimum Gasteiger partial charge on any atom is -0.331 e. The van der Waals surface area contributed by atoms with E-state index in [4.69, 9.17) is 0 Å². The van der Waals surface area contributed by atoms with Gasteiger partial charge in [-0.3, -0.25) is 0 Å². The van der Waals surface area contributed by atoms with Crippen LogP contribution in [0.1, 0.15) is 36.2 Å². The third kappa shape index (κ3) is 4.31. The molecule has 5 heteroatoms. The van der Waals surface area contributed by atoms with Gasteiger partial charge in [0.15, 0.2) is 0 Å². The lowest BCUT2D eigenvalue weighted by Crippen LogP contribution is -2.40. The van der Waals surface area contributed by atoms with Gasteiger partial charge < -0.3 is 10.2 Å². The van der Waals surface area contributed by atoms with E-state index in [-0.39, 0.29) is 12.1 Å². The van der Waals surface area contributed by atoms with Crippen LogP contribution in [0.5, 0.6) is 0 Å². The molecule has 0 saturated heterocycles. The van der Waals surface area contributed by atoms with Gasteiger partial charge in [-0.15, -0.1) is 11.3 Å². The zero-order valence-electron chi connectivity index (χ0n) is 13.5. The lowest BCUT2D eigenvalue weighted by Gasteiger charge is -2.26. The normalized spacial score (nSPS) is 12.2. The third-order valence-electron chi connectivity index (χ3n) is 3.52. The number of benzene rings is 1. The summed E-state index contributed by atoms with van der Waals surface area (Å²) in [7, 11) is 1.80. The number of aryl methyl sites for hydroxylation is 1. The van der Waals surface area contributed by atoms with Crippen molar-refractivity contribution in [2.24, 2.45) is 5.92 Å². The summed E-state index contributed by atoms with van der Waals surface area (Å²) >= 11 is 1.60. The molecule has 1 heterocycles. The van der Waals surface area contributed by atoms with Crippen molar-refractivity contribution in [1.82, 2.24) is 15.2 Å². The first-order valence-electron chi connectivity index (χ1n) is 7.45. The molecule has 0 aliphatic heterocycles. The molecule has 0 aliphatic rings. The Morgan fingerprint density at radius 2 is 2.00 bits per heavy atom. The van der Waals surface area contributed by atoms with E-state index in [2.05, 4.69) is 36.3 Å². The summed E-state index contributed by atoms with van der Waals surface area (Å²) in [6.45, 7) is 6.72. The van der Waals surface area contributed by atoms with Crippen molar-refractivity contribution in [3.63, 3.8) is 0 Å². The maximum absolute atomic E-state index is 12.4. The number of hydrogen-bond donors (Lipinski definition) is 1. The minimum atomic E-state index is -0.0757. The van der Waals surface area contributed by atoms with Crippen LogP contribution in [0.4, 0.5) is 4.79 Å². The van der Waals surface area contributed by atoms with Crippen molar-refractivity contribution in [3.05, 3.63) is 52.0 Å². The monoisotopic (exact) mass is 317 g/mol. The van der Waals surface area contributed by atoms with Crippen LogP contribution in [0.3, 0.4) is 0 Å². The molecule has 1 atom stereocenters. The first-order chi connectivity index (χ1) is 10.5. The van der Waals surface area contributed by atoms with Crippen molar-refractivity contribution >= 4 is 17.4 Å². The molecule has 1 N–H and O–H groups in total. The summed E-state index contributed by atoms with van der Waals surface area (Å²) in [5, 5.41) is 6.14. The number of nitrogens with zero attached hydrogens (tertiary/aromatic N) is 2. The molecule has 0 aliphatic carbocycles. The molecular weight excluding hydrogens is 294 g/mol. The van der Waals surface area contributed by atoms with Crippen LogP contribution in [-0.4, -0.2) is 23.0 Å². The van der Waals surface area contributed by atoms with Gasteiger partial charge in [0.05, 0.1) is 23.3 Å². The highest BCUT2D eigenvalue weighted by Gasteiger charge is 2.20. The van der Waals surface area contributed by atoms with Crippen LogP contribution < -0.4 is 5.32 Å². The summed E-state index contributed by atoms with van der Waals surface area (Å²) in [5.74, 6) is 0.321. The maximum atomic E-state index is 12.4. The molecule has 1 aromatic carbocycles. The Morgan fingerprint density at radius 1 is 1.32 bits per heavy atom. The summed E-state index contributed by atoms with van der Waals surface area (Å²) in [5.41, 5.74) is 2.06. The molecule has 22 heavy (non-hydrogen) atoms. The number of thiazole rings is 1. The standard InChI is InChI=1S/C17H23N3OS/c1-12(2)16(14-8-6-5-7-9-14)19-17(21)20(4)10-15-11-22-13(3)18-15/h5-9,11-12,16H,10H2,1-4H3,(H,19,21). The summed E-state index contributed by atoms with van der Waals surface area (Å²) in [6.07, 6.45) is 0. The van der Waals surface area contributed by atoms with Crippen LogP contribution >= 0.6 is 11.3 Å². The molecule has 2 rings (SSSR count). The fourth-order valence-corrected chi connectivity index (χ4v) is 2.94. The first-order valence-corrected chi connectivity index (χ1v) is 8.33. The van der Waals surface area contributed by atoms with Crippen molar-refractivity contribution in [3.8, 4) is 0 Å². The van der Waals surface area contributed by atoms with E-state index in [0.717, 1.165) is 16.3 Å². The zero-order valence-corrected chi connectivity index (χ0v) is 14.4. The van der Waals surface area contributed by atoms with Crippen LogP contribution in [-0.2, 0) is 6.54 Å². The molecule has 0 bridgehead atoms. The molecule has 0 radical (unpaired) electrons. The van der Waals surface area contributed by atoms with Gasteiger partial charge in [0, 0.05) is 12.4 Å². The molecule has 0 saturated carbocycles. The van der Waals surface area contributed by atoms with Gasteiger partial charge in [0.25, 0.3) is 0 Å². The number of carbonyl (C=O) groups excluding carboxylic acids is 1. The Balaban J connectivity index is 2.01. The molecule has 1 aromatic heterocycles. The lowest BCUT2D eigenvalue weighted by atomic mass is 9.96. The average molecular weight is 317 g/mol. The fraction of sp³-hybridized carbons (Fsp3) is 0.412.